The molecule has 0 aliphatic rings. The molecule has 0 unspecified atom stereocenters. The van der Waals surface area contributed by atoms with Crippen LogP contribution < -0.4 is 0 Å². The third-order valence-corrected chi connectivity index (χ3v) is 3.91. The van der Waals surface area contributed by atoms with Crippen molar-refractivity contribution in [2.75, 3.05) is 0 Å². The van der Waals surface area contributed by atoms with Crippen LogP contribution in [0.5, 0.6) is 0 Å². The molecule has 2 aromatic carbocycles. The van der Waals surface area contributed by atoms with Gasteiger partial charge in [-0.1, -0.05) is 35.9 Å². The molecular weight excluding hydrogens is 296 g/mol. The summed E-state index contributed by atoms with van der Waals surface area (Å²) in [5.41, 5.74) is 3.12. The van der Waals surface area contributed by atoms with Crippen LogP contribution in [0.3, 0.4) is 0 Å². The van der Waals surface area contributed by atoms with Gasteiger partial charge in [0.25, 0.3) is 0 Å². The van der Waals surface area contributed by atoms with Gasteiger partial charge in [-0.25, -0.2) is 4.98 Å². The van der Waals surface area contributed by atoms with E-state index >= 15 is 0 Å². The number of halogens is 1. The zero-order chi connectivity index (χ0) is 14.9. The zero-order valence-corrected chi connectivity index (χ0v) is 12.5. The van der Waals surface area contributed by atoms with Crippen molar-refractivity contribution in [1.82, 2.24) is 9.55 Å². The van der Waals surface area contributed by atoms with E-state index in [2.05, 4.69) is 17.1 Å². The highest BCUT2D eigenvalue weighted by molar-refractivity contribution is 6.31. The van der Waals surface area contributed by atoms with Gasteiger partial charge in [0.05, 0.1) is 6.33 Å². The standard InChI is InChI=1S/C18H13ClN2O/c19-15-5-6-17-14(9-15)10-18(22-17)16-4-2-1-3-13(16)11-21-8-7-20-12-21/h1-10,12H,11H2. The molecule has 0 aliphatic heterocycles. The van der Waals surface area contributed by atoms with Gasteiger partial charge in [-0.05, 0) is 29.8 Å². The molecule has 0 aliphatic carbocycles. The number of furan rings is 1. The second-order valence-electron chi connectivity index (χ2n) is 5.18. The van der Waals surface area contributed by atoms with E-state index in [9.17, 15) is 0 Å². The average Bonchev–Trinajstić information content (AvgIpc) is 3.16. The average molecular weight is 309 g/mol. The maximum atomic E-state index is 6.05. The van der Waals surface area contributed by atoms with Crippen molar-refractivity contribution in [2.45, 2.75) is 6.54 Å². The van der Waals surface area contributed by atoms with Crippen molar-refractivity contribution in [1.29, 1.82) is 0 Å². The molecule has 2 aromatic heterocycles. The molecule has 0 fully saturated rings. The number of hydrogen-bond donors (Lipinski definition) is 0. The highest BCUT2D eigenvalue weighted by atomic mass is 35.5. The number of rotatable bonds is 3. The van der Waals surface area contributed by atoms with Crippen LogP contribution in [0, 0.1) is 0 Å². The lowest BCUT2D eigenvalue weighted by molar-refractivity contribution is 0.629. The van der Waals surface area contributed by atoms with Crippen LogP contribution in [0.15, 0.2) is 71.7 Å². The molecule has 0 saturated heterocycles. The summed E-state index contributed by atoms with van der Waals surface area (Å²) < 4.78 is 8.03. The fourth-order valence-electron chi connectivity index (χ4n) is 2.62. The molecule has 0 saturated carbocycles. The first-order valence-electron chi connectivity index (χ1n) is 7.03. The van der Waals surface area contributed by atoms with Gasteiger partial charge in [0, 0.05) is 34.9 Å². The lowest BCUT2D eigenvalue weighted by atomic mass is 10.0. The largest absolute Gasteiger partial charge is 0.456 e. The molecular formula is C18H13ClN2O. The fraction of sp³-hybridized carbons (Fsp3) is 0.0556. The lowest BCUT2D eigenvalue weighted by Crippen LogP contribution is -1.98. The Balaban J connectivity index is 1.80. The predicted molar refractivity (Wildman–Crippen MR) is 88.0 cm³/mol. The third kappa shape index (κ3) is 2.40. The summed E-state index contributed by atoms with van der Waals surface area (Å²) >= 11 is 6.05. The number of aromatic nitrogens is 2. The Morgan fingerprint density at radius 2 is 2.00 bits per heavy atom. The van der Waals surface area contributed by atoms with E-state index in [1.54, 1.807) is 6.20 Å². The van der Waals surface area contributed by atoms with Crippen molar-refractivity contribution in [3.05, 3.63) is 77.8 Å². The molecule has 0 atom stereocenters. The molecule has 4 rings (SSSR count). The van der Waals surface area contributed by atoms with Crippen LogP contribution >= 0.6 is 11.6 Å². The maximum absolute atomic E-state index is 6.05. The van der Waals surface area contributed by atoms with E-state index in [-0.39, 0.29) is 0 Å². The normalized spacial score (nSPS) is 11.1. The first-order valence-corrected chi connectivity index (χ1v) is 7.40. The van der Waals surface area contributed by atoms with Crippen LogP contribution in [-0.2, 0) is 6.54 Å². The van der Waals surface area contributed by atoms with Gasteiger partial charge in [-0.15, -0.1) is 0 Å². The zero-order valence-electron chi connectivity index (χ0n) is 11.7. The molecule has 0 amide bonds. The van der Waals surface area contributed by atoms with Gasteiger partial charge in [0.15, 0.2) is 0 Å². The van der Waals surface area contributed by atoms with Crippen LogP contribution in [-0.4, -0.2) is 9.55 Å². The first-order chi connectivity index (χ1) is 10.8. The second-order valence-corrected chi connectivity index (χ2v) is 5.62. The molecule has 0 bridgehead atoms. The van der Waals surface area contributed by atoms with Crippen molar-refractivity contribution in [2.24, 2.45) is 0 Å². The van der Waals surface area contributed by atoms with Crippen molar-refractivity contribution >= 4 is 22.6 Å². The van der Waals surface area contributed by atoms with Crippen LogP contribution in [0.1, 0.15) is 5.56 Å². The Bertz CT molecular complexity index is 925. The minimum atomic E-state index is 0.714. The van der Waals surface area contributed by atoms with E-state index in [0.29, 0.717) is 5.02 Å². The SMILES string of the molecule is Clc1ccc2oc(-c3ccccc3Cn3ccnc3)cc2c1. The van der Waals surface area contributed by atoms with Gasteiger partial charge in [0.1, 0.15) is 11.3 Å². The number of nitrogens with zero attached hydrogens (tertiary/aromatic N) is 2. The Morgan fingerprint density at radius 1 is 1.09 bits per heavy atom. The topological polar surface area (TPSA) is 31.0 Å². The monoisotopic (exact) mass is 308 g/mol. The Hall–Kier alpha value is -2.52. The number of hydrogen-bond acceptors (Lipinski definition) is 2. The molecule has 0 N–H and O–H groups in total. The van der Waals surface area contributed by atoms with Crippen LogP contribution in [0.25, 0.3) is 22.3 Å². The van der Waals surface area contributed by atoms with Gasteiger partial charge >= 0.3 is 0 Å². The summed E-state index contributed by atoms with van der Waals surface area (Å²) in [4.78, 5) is 4.09. The van der Waals surface area contributed by atoms with Gasteiger partial charge < -0.3 is 8.98 Å². The Labute approximate surface area is 132 Å². The molecule has 3 nitrogen and oxygen atoms in total. The van der Waals surface area contributed by atoms with Crippen LogP contribution in [0.2, 0.25) is 5.02 Å². The number of benzene rings is 2. The van der Waals surface area contributed by atoms with E-state index in [1.165, 1.54) is 5.56 Å². The van der Waals surface area contributed by atoms with Crippen molar-refractivity contribution in [3.8, 4) is 11.3 Å². The molecule has 108 valence electrons. The first kappa shape index (κ1) is 13.2. The summed E-state index contributed by atoms with van der Waals surface area (Å²) in [5.74, 6) is 0.855. The fourth-order valence-corrected chi connectivity index (χ4v) is 2.80. The van der Waals surface area contributed by atoms with Crippen LogP contribution in [0.4, 0.5) is 0 Å². The molecule has 0 spiro atoms. The maximum Gasteiger partial charge on any atom is 0.135 e. The van der Waals surface area contributed by atoms with Crippen molar-refractivity contribution in [3.63, 3.8) is 0 Å². The summed E-state index contributed by atoms with van der Waals surface area (Å²) in [6.07, 6.45) is 5.55. The van der Waals surface area contributed by atoms with Gasteiger partial charge in [-0.2, -0.15) is 0 Å². The number of imidazole rings is 1. The Morgan fingerprint density at radius 3 is 2.86 bits per heavy atom. The summed E-state index contributed by atoms with van der Waals surface area (Å²) in [6, 6.07) is 15.9. The third-order valence-electron chi connectivity index (χ3n) is 3.67. The summed E-state index contributed by atoms with van der Waals surface area (Å²) in [5, 5.41) is 1.73. The van der Waals surface area contributed by atoms with E-state index < -0.39 is 0 Å². The second kappa shape index (κ2) is 5.35. The molecule has 4 heteroatoms. The highest BCUT2D eigenvalue weighted by Crippen LogP contribution is 2.31. The molecule has 4 aromatic rings. The molecule has 0 radical (unpaired) electrons. The minimum Gasteiger partial charge on any atom is -0.456 e. The quantitative estimate of drug-likeness (QED) is 0.533. The molecule has 2 heterocycles. The summed E-state index contributed by atoms with van der Waals surface area (Å²) in [6.45, 7) is 0.758. The minimum absolute atomic E-state index is 0.714. The lowest BCUT2D eigenvalue weighted by Gasteiger charge is -2.07. The Kier molecular flexibility index (Phi) is 3.20. The van der Waals surface area contributed by atoms with Gasteiger partial charge in [0.2, 0.25) is 0 Å². The highest BCUT2D eigenvalue weighted by Gasteiger charge is 2.11. The smallest absolute Gasteiger partial charge is 0.135 e. The summed E-state index contributed by atoms with van der Waals surface area (Å²) in [7, 11) is 0. The number of fused-ring (bicyclic) bond motifs is 1. The van der Waals surface area contributed by atoms with E-state index in [0.717, 1.165) is 28.8 Å². The van der Waals surface area contributed by atoms with Crippen molar-refractivity contribution < 1.29 is 4.42 Å². The van der Waals surface area contributed by atoms with Gasteiger partial charge in [-0.3, -0.25) is 0 Å². The van der Waals surface area contributed by atoms with E-state index in [4.69, 9.17) is 16.0 Å². The molecule has 22 heavy (non-hydrogen) atoms. The predicted octanol–water partition coefficient (Wildman–Crippen LogP) is 5.00. The van der Waals surface area contributed by atoms with E-state index in [1.807, 2.05) is 53.5 Å².